The first-order valence-corrected chi connectivity index (χ1v) is 6.70. The van der Waals surface area contributed by atoms with Crippen LogP contribution in [0.2, 0.25) is 5.02 Å². The molecule has 0 atom stereocenters. The molecule has 0 unspecified atom stereocenters. The maximum absolute atomic E-state index is 10.9. The van der Waals surface area contributed by atoms with Crippen LogP contribution in [-0.2, 0) is 0 Å². The standard InChI is InChI=1S/C13H7BrClNO5/c14-9-5-7(13(17)18)1-4-11(9)21-12-6-8(15)2-3-10(12)16(19)20/h1-6H,(H,17,18). The number of carboxylic acids is 1. The quantitative estimate of drug-likeness (QED) is 0.630. The number of aromatic carboxylic acids is 1. The lowest BCUT2D eigenvalue weighted by molar-refractivity contribution is -0.385. The van der Waals surface area contributed by atoms with E-state index in [1.807, 2.05) is 0 Å². The van der Waals surface area contributed by atoms with Crippen molar-refractivity contribution in [3.8, 4) is 11.5 Å². The zero-order chi connectivity index (χ0) is 15.6. The third kappa shape index (κ3) is 3.50. The van der Waals surface area contributed by atoms with Gasteiger partial charge in [-0.2, -0.15) is 0 Å². The van der Waals surface area contributed by atoms with Gasteiger partial charge in [0.2, 0.25) is 5.75 Å². The molecule has 2 rings (SSSR count). The Balaban J connectivity index is 2.40. The van der Waals surface area contributed by atoms with Gasteiger partial charge in [0.25, 0.3) is 0 Å². The highest BCUT2D eigenvalue weighted by atomic mass is 79.9. The first kappa shape index (κ1) is 15.3. The van der Waals surface area contributed by atoms with Crippen LogP contribution in [0.3, 0.4) is 0 Å². The molecule has 2 aromatic carbocycles. The van der Waals surface area contributed by atoms with Crippen LogP contribution in [0.25, 0.3) is 0 Å². The predicted octanol–water partition coefficient (Wildman–Crippen LogP) is 4.50. The van der Waals surface area contributed by atoms with Crippen molar-refractivity contribution < 1.29 is 19.6 Å². The predicted molar refractivity (Wildman–Crippen MR) is 79.3 cm³/mol. The zero-order valence-electron chi connectivity index (χ0n) is 10.2. The second kappa shape index (κ2) is 6.11. The number of carboxylic acid groups (broad SMARTS) is 1. The van der Waals surface area contributed by atoms with E-state index in [1.54, 1.807) is 0 Å². The number of ether oxygens (including phenoxy) is 1. The molecule has 0 aromatic heterocycles. The fourth-order valence-corrected chi connectivity index (χ4v) is 2.18. The Bertz CT molecular complexity index is 734. The van der Waals surface area contributed by atoms with Crippen molar-refractivity contribution >= 4 is 39.2 Å². The second-order valence-electron chi connectivity index (χ2n) is 3.92. The van der Waals surface area contributed by atoms with E-state index in [2.05, 4.69) is 15.9 Å². The van der Waals surface area contributed by atoms with Gasteiger partial charge in [-0.25, -0.2) is 4.79 Å². The van der Waals surface area contributed by atoms with Gasteiger partial charge in [0.05, 0.1) is 15.0 Å². The van der Waals surface area contributed by atoms with Gasteiger partial charge < -0.3 is 9.84 Å². The van der Waals surface area contributed by atoms with Crippen LogP contribution >= 0.6 is 27.5 Å². The van der Waals surface area contributed by atoms with Crippen molar-refractivity contribution in [1.82, 2.24) is 0 Å². The third-order valence-corrected chi connectivity index (χ3v) is 3.37. The molecule has 0 heterocycles. The normalized spacial score (nSPS) is 10.2. The molecule has 0 bridgehead atoms. The fraction of sp³-hybridized carbons (Fsp3) is 0. The highest BCUT2D eigenvalue weighted by molar-refractivity contribution is 9.10. The summed E-state index contributed by atoms with van der Waals surface area (Å²) in [7, 11) is 0. The summed E-state index contributed by atoms with van der Waals surface area (Å²) in [5, 5.41) is 20.1. The molecule has 6 nitrogen and oxygen atoms in total. The SMILES string of the molecule is O=C(O)c1ccc(Oc2cc(Cl)ccc2[N+](=O)[O-])c(Br)c1. The number of nitro benzene ring substituents is 1. The first-order chi connectivity index (χ1) is 9.88. The minimum absolute atomic E-state index is 0.0312. The van der Waals surface area contributed by atoms with Gasteiger partial charge in [0.1, 0.15) is 5.75 Å². The lowest BCUT2D eigenvalue weighted by Gasteiger charge is -2.09. The van der Waals surface area contributed by atoms with E-state index in [0.29, 0.717) is 4.47 Å². The largest absolute Gasteiger partial charge is 0.478 e. The Kier molecular flexibility index (Phi) is 4.44. The molecule has 0 amide bonds. The van der Waals surface area contributed by atoms with Crippen LogP contribution < -0.4 is 4.74 Å². The van der Waals surface area contributed by atoms with E-state index in [0.717, 1.165) is 0 Å². The van der Waals surface area contributed by atoms with Crippen molar-refractivity contribution in [2.24, 2.45) is 0 Å². The van der Waals surface area contributed by atoms with Crippen molar-refractivity contribution in [2.75, 3.05) is 0 Å². The van der Waals surface area contributed by atoms with Crippen molar-refractivity contribution in [3.63, 3.8) is 0 Å². The van der Waals surface area contributed by atoms with Gasteiger partial charge >= 0.3 is 11.7 Å². The van der Waals surface area contributed by atoms with Crippen LogP contribution in [0, 0.1) is 10.1 Å². The van der Waals surface area contributed by atoms with E-state index >= 15 is 0 Å². The Labute approximate surface area is 132 Å². The summed E-state index contributed by atoms with van der Waals surface area (Å²) in [6, 6.07) is 8.01. The molecule has 0 fully saturated rings. The van der Waals surface area contributed by atoms with Gasteiger partial charge in [0, 0.05) is 17.2 Å². The van der Waals surface area contributed by atoms with Gasteiger partial charge in [-0.05, 0) is 40.2 Å². The number of hydrogen-bond donors (Lipinski definition) is 1. The van der Waals surface area contributed by atoms with E-state index in [4.69, 9.17) is 21.4 Å². The molecule has 0 saturated carbocycles. The van der Waals surface area contributed by atoms with Crippen molar-refractivity contribution in [1.29, 1.82) is 0 Å². The number of benzene rings is 2. The van der Waals surface area contributed by atoms with Gasteiger partial charge in [-0.15, -0.1) is 0 Å². The molecule has 0 aliphatic carbocycles. The Morgan fingerprint density at radius 3 is 2.52 bits per heavy atom. The molecule has 0 radical (unpaired) electrons. The highest BCUT2D eigenvalue weighted by Gasteiger charge is 2.17. The van der Waals surface area contributed by atoms with Gasteiger partial charge in [-0.1, -0.05) is 11.6 Å². The Morgan fingerprint density at radius 2 is 1.95 bits per heavy atom. The molecule has 2 aromatic rings. The molecule has 8 heteroatoms. The Hall–Kier alpha value is -2.12. The minimum Gasteiger partial charge on any atom is -0.478 e. The summed E-state index contributed by atoms with van der Waals surface area (Å²) < 4.78 is 5.81. The second-order valence-corrected chi connectivity index (χ2v) is 5.21. The van der Waals surface area contributed by atoms with E-state index < -0.39 is 10.9 Å². The average molecular weight is 373 g/mol. The molecular formula is C13H7BrClNO5. The zero-order valence-corrected chi connectivity index (χ0v) is 12.6. The number of nitro groups is 1. The number of halogens is 2. The molecular weight excluding hydrogens is 366 g/mol. The lowest BCUT2D eigenvalue weighted by atomic mass is 10.2. The number of rotatable bonds is 4. The fourth-order valence-electron chi connectivity index (χ4n) is 1.56. The summed E-state index contributed by atoms with van der Waals surface area (Å²) in [6.45, 7) is 0. The Morgan fingerprint density at radius 1 is 1.24 bits per heavy atom. The van der Waals surface area contributed by atoms with Crippen LogP contribution in [0.15, 0.2) is 40.9 Å². The van der Waals surface area contributed by atoms with Crippen LogP contribution in [0.5, 0.6) is 11.5 Å². The van der Waals surface area contributed by atoms with E-state index in [-0.39, 0.29) is 27.8 Å². The monoisotopic (exact) mass is 371 g/mol. The minimum atomic E-state index is -1.09. The van der Waals surface area contributed by atoms with Crippen molar-refractivity contribution in [2.45, 2.75) is 0 Å². The van der Waals surface area contributed by atoms with Crippen LogP contribution in [0.1, 0.15) is 10.4 Å². The molecule has 0 spiro atoms. The number of hydrogen-bond acceptors (Lipinski definition) is 4. The number of nitrogens with zero attached hydrogens (tertiary/aromatic N) is 1. The van der Waals surface area contributed by atoms with Crippen LogP contribution in [-0.4, -0.2) is 16.0 Å². The van der Waals surface area contributed by atoms with Gasteiger partial charge in [0.15, 0.2) is 0 Å². The molecule has 108 valence electrons. The summed E-state index contributed by atoms with van der Waals surface area (Å²) in [5.74, 6) is -0.877. The van der Waals surface area contributed by atoms with E-state index in [9.17, 15) is 14.9 Å². The first-order valence-electron chi connectivity index (χ1n) is 5.53. The summed E-state index contributed by atoms with van der Waals surface area (Å²) in [6.07, 6.45) is 0. The van der Waals surface area contributed by atoms with Crippen molar-refractivity contribution in [3.05, 3.63) is 61.6 Å². The van der Waals surface area contributed by atoms with E-state index in [1.165, 1.54) is 36.4 Å². The molecule has 21 heavy (non-hydrogen) atoms. The summed E-state index contributed by atoms with van der Waals surface area (Å²) in [5.41, 5.74) is -0.177. The smallest absolute Gasteiger partial charge is 0.335 e. The molecule has 0 aliphatic rings. The highest BCUT2D eigenvalue weighted by Crippen LogP contribution is 2.36. The molecule has 0 saturated heterocycles. The average Bonchev–Trinajstić information content (AvgIpc) is 2.40. The van der Waals surface area contributed by atoms with Crippen LogP contribution in [0.4, 0.5) is 5.69 Å². The number of carbonyl (C=O) groups is 1. The van der Waals surface area contributed by atoms with Gasteiger partial charge in [-0.3, -0.25) is 10.1 Å². The third-order valence-electron chi connectivity index (χ3n) is 2.52. The lowest BCUT2D eigenvalue weighted by Crippen LogP contribution is -1.97. The summed E-state index contributed by atoms with van der Waals surface area (Å²) >= 11 is 8.96. The molecule has 0 aliphatic heterocycles. The molecule has 1 N–H and O–H groups in total. The maximum Gasteiger partial charge on any atom is 0.335 e. The topological polar surface area (TPSA) is 89.7 Å². The summed E-state index contributed by atoms with van der Waals surface area (Å²) in [4.78, 5) is 21.2. The maximum atomic E-state index is 10.9.